The standard InChI is InChI=1S/C17H19Cl2N5/c1-4-10(5-2)16-20-15-14(12-8-7-11(18)9-13(12)19)22-24(6-3)23-17(15)21-16/h7-10H,4-6H2,1-3H3. The Morgan fingerprint density at radius 2 is 1.75 bits per heavy atom. The molecule has 0 atom stereocenters. The largest absolute Gasteiger partial charge is 0.227 e. The first-order chi connectivity index (χ1) is 11.6. The summed E-state index contributed by atoms with van der Waals surface area (Å²) < 4.78 is 0. The molecule has 0 saturated carbocycles. The lowest BCUT2D eigenvalue weighted by molar-refractivity contribution is 0.543. The molecule has 5 nitrogen and oxygen atoms in total. The fourth-order valence-corrected chi connectivity index (χ4v) is 3.21. The summed E-state index contributed by atoms with van der Waals surface area (Å²) in [4.78, 5) is 11.0. The summed E-state index contributed by atoms with van der Waals surface area (Å²) in [6.45, 7) is 6.91. The minimum absolute atomic E-state index is 0.322. The summed E-state index contributed by atoms with van der Waals surface area (Å²) in [5, 5.41) is 10.2. The van der Waals surface area contributed by atoms with Crippen molar-refractivity contribution in [1.29, 1.82) is 0 Å². The highest BCUT2D eigenvalue weighted by atomic mass is 35.5. The van der Waals surface area contributed by atoms with E-state index in [1.54, 1.807) is 16.9 Å². The molecule has 0 fully saturated rings. The van der Waals surface area contributed by atoms with Gasteiger partial charge in [-0.1, -0.05) is 37.0 Å². The zero-order valence-corrected chi connectivity index (χ0v) is 15.4. The number of nitrogens with zero attached hydrogens (tertiary/aromatic N) is 5. The van der Waals surface area contributed by atoms with E-state index in [0.717, 1.165) is 24.2 Å². The predicted octanol–water partition coefficient (Wildman–Crippen LogP) is 5.07. The van der Waals surface area contributed by atoms with Gasteiger partial charge in [-0.15, -0.1) is 5.10 Å². The Hall–Kier alpha value is -1.72. The van der Waals surface area contributed by atoms with Gasteiger partial charge in [0.05, 0.1) is 11.6 Å². The van der Waals surface area contributed by atoms with Gasteiger partial charge in [0.2, 0.25) is 5.82 Å². The maximum absolute atomic E-state index is 6.38. The first-order valence-electron chi connectivity index (χ1n) is 8.15. The number of imidazole rings is 1. The highest BCUT2D eigenvalue weighted by Crippen LogP contribution is 2.35. The molecule has 1 aromatic rings. The van der Waals surface area contributed by atoms with Crippen LogP contribution < -0.4 is 0 Å². The summed E-state index contributed by atoms with van der Waals surface area (Å²) in [7, 11) is 0. The van der Waals surface area contributed by atoms with Crippen molar-refractivity contribution in [2.75, 3.05) is 0 Å². The number of benzene rings is 1. The lowest BCUT2D eigenvalue weighted by Gasteiger charge is -2.10. The van der Waals surface area contributed by atoms with Crippen molar-refractivity contribution in [3.05, 3.63) is 34.1 Å². The zero-order valence-electron chi connectivity index (χ0n) is 13.9. The fraction of sp³-hybridized carbons (Fsp3) is 0.412. The van der Waals surface area contributed by atoms with Gasteiger partial charge < -0.3 is 0 Å². The maximum atomic E-state index is 6.38. The molecule has 3 rings (SSSR count). The molecule has 1 aromatic carbocycles. The topological polar surface area (TPSA) is 56.5 Å². The highest BCUT2D eigenvalue weighted by molar-refractivity contribution is 6.36. The van der Waals surface area contributed by atoms with Crippen LogP contribution in [0.5, 0.6) is 0 Å². The van der Waals surface area contributed by atoms with Gasteiger partial charge in [0.25, 0.3) is 0 Å². The van der Waals surface area contributed by atoms with Gasteiger partial charge in [-0.2, -0.15) is 9.90 Å². The Labute approximate surface area is 151 Å². The summed E-state index contributed by atoms with van der Waals surface area (Å²) in [5.74, 6) is 1.75. The number of aromatic nitrogens is 5. The molecule has 0 N–H and O–H groups in total. The predicted molar refractivity (Wildman–Crippen MR) is 96.7 cm³/mol. The van der Waals surface area contributed by atoms with Crippen LogP contribution in [0.4, 0.5) is 0 Å². The molecule has 2 aliphatic heterocycles. The number of halogens is 2. The second kappa shape index (κ2) is 7.03. The van der Waals surface area contributed by atoms with Gasteiger partial charge in [0.1, 0.15) is 17.2 Å². The molecular weight excluding hydrogens is 345 g/mol. The van der Waals surface area contributed by atoms with Crippen LogP contribution in [0, 0.1) is 0 Å². The number of fused-ring (bicyclic) bond motifs is 1. The van der Waals surface area contributed by atoms with Crippen molar-refractivity contribution >= 4 is 23.2 Å². The van der Waals surface area contributed by atoms with E-state index in [2.05, 4.69) is 29.0 Å². The first-order valence-corrected chi connectivity index (χ1v) is 8.91. The Balaban J connectivity index is 2.22. The van der Waals surface area contributed by atoms with Crippen LogP contribution >= 0.6 is 23.2 Å². The van der Waals surface area contributed by atoms with E-state index < -0.39 is 0 Å². The van der Waals surface area contributed by atoms with Crippen LogP contribution in [0.2, 0.25) is 10.0 Å². The first kappa shape index (κ1) is 17.1. The molecule has 0 unspecified atom stereocenters. The third kappa shape index (κ3) is 3.10. The van der Waals surface area contributed by atoms with E-state index in [0.29, 0.717) is 39.7 Å². The van der Waals surface area contributed by atoms with Gasteiger partial charge in [0, 0.05) is 16.5 Å². The van der Waals surface area contributed by atoms with Crippen LogP contribution in [0.25, 0.3) is 22.8 Å². The minimum atomic E-state index is 0.322. The molecule has 24 heavy (non-hydrogen) atoms. The van der Waals surface area contributed by atoms with Crippen molar-refractivity contribution in [3.63, 3.8) is 0 Å². The number of aryl methyl sites for hydroxylation is 1. The van der Waals surface area contributed by atoms with E-state index in [9.17, 15) is 0 Å². The van der Waals surface area contributed by atoms with Crippen molar-refractivity contribution in [3.8, 4) is 22.8 Å². The molecule has 126 valence electrons. The normalized spacial score (nSPS) is 11.6. The molecule has 0 bridgehead atoms. The quantitative estimate of drug-likeness (QED) is 0.634. The van der Waals surface area contributed by atoms with E-state index in [4.69, 9.17) is 28.2 Å². The Kier molecular flexibility index (Phi) is 5.01. The molecule has 0 spiro atoms. The van der Waals surface area contributed by atoms with Gasteiger partial charge >= 0.3 is 0 Å². The lowest BCUT2D eigenvalue weighted by atomic mass is 10.0. The van der Waals surface area contributed by atoms with E-state index in [1.807, 2.05) is 13.0 Å². The average molecular weight is 364 g/mol. The van der Waals surface area contributed by atoms with Gasteiger partial charge in [0.15, 0.2) is 0 Å². The van der Waals surface area contributed by atoms with Crippen LogP contribution in [0.3, 0.4) is 0 Å². The highest BCUT2D eigenvalue weighted by Gasteiger charge is 2.24. The van der Waals surface area contributed by atoms with E-state index in [-0.39, 0.29) is 0 Å². The van der Waals surface area contributed by atoms with Crippen LogP contribution in [0.15, 0.2) is 18.2 Å². The third-order valence-electron chi connectivity index (χ3n) is 4.13. The molecule has 2 heterocycles. The monoisotopic (exact) mass is 363 g/mol. The smallest absolute Gasteiger partial charge is 0.204 e. The Morgan fingerprint density at radius 1 is 1.00 bits per heavy atom. The van der Waals surface area contributed by atoms with E-state index >= 15 is 0 Å². The summed E-state index contributed by atoms with van der Waals surface area (Å²) in [6.07, 6.45) is 1.98. The Bertz CT molecular complexity index is 826. The van der Waals surface area contributed by atoms with Crippen LogP contribution in [-0.4, -0.2) is 25.0 Å². The second-order valence-electron chi connectivity index (χ2n) is 5.63. The average Bonchev–Trinajstić information content (AvgIpc) is 2.99. The number of rotatable bonds is 5. The summed E-state index contributed by atoms with van der Waals surface area (Å²) >= 11 is 12.4. The minimum Gasteiger partial charge on any atom is -0.227 e. The molecule has 0 radical (unpaired) electrons. The Morgan fingerprint density at radius 3 is 2.38 bits per heavy atom. The molecule has 0 saturated heterocycles. The number of hydrogen-bond acceptors (Lipinski definition) is 4. The van der Waals surface area contributed by atoms with E-state index in [1.165, 1.54) is 0 Å². The van der Waals surface area contributed by atoms with Crippen molar-refractivity contribution < 1.29 is 0 Å². The lowest BCUT2D eigenvalue weighted by Crippen LogP contribution is -2.10. The van der Waals surface area contributed by atoms with Crippen molar-refractivity contribution in [1.82, 2.24) is 25.0 Å². The SMILES string of the molecule is CCC(CC)c1nc2nn(CC)nc(-c3ccc(Cl)cc3Cl)c-2n1. The molecule has 0 aromatic heterocycles. The van der Waals surface area contributed by atoms with Gasteiger partial charge in [-0.05, 0) is 38.0 Å². The maximum Gasteiger partial charge on any atom is 0.204 e. The zero-order chi connectivity index (χ0) is 17.3. The van der Waals surface area contributed by atoms with Crippen LogP contribution in [0.1, 0.15) is 45.4 Å². The molecule has 0 amide bonds. The summed E-state index contributed by atoms with van der Waals surface area (Å²) in [6, 6.07) is 5.37. The molecule has 0 aliphatic carbocycles. The summed E-state index contributed by atoms with van der Waals surface area (Å²) in [5.41, 5.74) is 2.16. The number of hydrogen-bond donors (Lipinski definition) is 0. The fourth-order valence-electron chi connectivity index (χ4n) is 2.71. The van der Waals surface area contributed by atoms with Gasteiger partial charge in [-0.3, -0.25) is 0 Å². The second-order valence-corrected chi connectivity index (χ2v) is 6.47. The molecule has 7 heteroatoms. The van der Waals surface area contributed by atoms with Crippen LogP contribution in [-0.2, 0) is 6.54 Å². The third-order valence-corrected chi connectivity index (χ3v) is 4.68. The molecular formula is C17H19Cl2N5. The molecule has 2 aliphatic rings. The van der Waals surface area contributed by atoms with Gasteiger partial charge in [-0.25, -0.2) is 9.97 Å². The van der Waals surface area contributed by atoms with Crippen molar-refractivity contribution in [2.24, 2.45) is 0 Å². The van der Waals surface area contributed by atoms with Crippen molar-refractivity contribution in [2.45, 2.75) is 46.1 Å².